The maximum atomic E-state index is 2.45. The molecule has 0 radical (unpaired) electrons. The van der Waals surface area contributed by atoms with Gasteiger partial charge in [-0.2, -0.15) is 0 Å². The summed E-state index contributed by atoms with van der Waals surface area (Å²) in [5.74, 6) is 0. The van der Waals surface area contributed by atoms with Crippen molar-refractivity contribution in [2.45, 2.75) is 5.41 Å². The summed E-state index contributed by atoms with van der Waals surface area (Å²) < 4.78 is 7.31. The first kappa shape index (κ1) is 36.3. The molecule has 0 bridgehead atoms. The average molecular weight is 816 g/mol. The molecule has 0 unspecified atom stereocenters. The van der Waals surface area contributed by atoms with E-state index < -0.39 is 5.41 Å². The molecule has 3 nitrogen and oxygen atoms in total. The summed E-state index contributed by atoms with van der Waals surface area (Å²) in [6.45, 7) is 0. The fourth-order valence-electron chi connectivity index (χ4n) is 10.9. The Morgan fingerprint density at radius 1 is 0.203 bits per heavy atom. The van der Waals surface area contributed by atoms with E-state index in [-0.39, 0.29) is 0 Å². The van der Waals surface area contributed by atoms with Crippen LogP contribution in [-0.4, -0.2) is 13.7 Å². The van der Waals surface area contributed by atoms with Crippen LogP contribution in [0, 0.1) is 0 Å². The van der Waals surface area contributed by atoms with Crippen LogP contribution in [-0.2, 0) is 5.41 Å². The largest absolute Gasteiger partial charge is 0.309 e. The fourth-order valence-corrected chi connectivity index (χ4v) is 10.9. The number of nitrogens with zero attached hydrogens (tertiary/aromatic N) is 3. The van der Waals surface area contributed by atoms with Gasteiger partial charge in [-0.05, 0) is 95.1 Å². The van der Waals surface area contributed by atoms with Gasteiger partial charge in [-0.3, -0.25) is 0 Å². The van der Waals surface area contributed by atoms with Gasteiger partial charge in [0.05, 0.1) is 38.5 Å². The fraction of sp³-hybridized carbons (Fsp3) is 0.0164. The van der Waals surface area contributed by atoms with Gasteiger partial charge in [0.25, 0.3) is 0 Å². The molecular formula is C61H41N3. The lowest BCUT2D eigenvalue weighted by molar-refractivity contribution is 0.744. The van der Waals surface area contributed by atoms with E-state index in [9.17, 15) is 0 Å². The third-order valence-corrected chi connectivity index (χ3v) is 13.6. The normalized spacial score (nSPS) is 12.1. The molecule has 0 spiro atoms. The summed E-state index contributed by atoms with van der Waals surface area (Å²) in [5, 5.41) is 7.43. The molecule has 0 fully saturated rings. The minimum Gasteiger partial charge on any atom is -0.309 e. The van der Waals surface area contributed by atoms with Crippen molar-refractivity contribution in [2.24, 2.45) is 0 Å². The quantitative estimate of drug-likeness (QED) is 0.142. The monoisotopic (exact) mass is 815 g/mol. The van der Waals surface area contributed by atoms with Crippen molar-refractivity contribution >= 4 is 65.4 Å². The van der Waals surface area contributed by atoms with Crippen molar-refractivity contribution < 1.29 is 0 Å². The van der Waals surface area contributed by atoms with E-state index in [0.717, 1.165) is 17.1 Å². The lowest BCUT2D eigenvalue weighted by Gasteiger charge is -2.37. The van der Waals surface area contributed by atoms with Crippen LogP contribution >= 0.6 is 0 Å². The zero-order chi connectivity index (χ0) is 42.2. The van der Waals surface area contributed by atoms with Crippen LogP contribution in [0.4, 0.5) is 0 Å². The number of hydrogen-bond donors (Lipinski definition) is 0. The number of benzene rings is 10. The Labute approximate surface area is 370 Å². The number of hydrogen-bond acceptors (Lipinski definition) is 0. The summed E-state index contributed by atoms with van der Waals surface area (Å²) in [7, 11) is 0. The predicted molar refractivity (Wildman–Crippen MR) is 268 cm³/mol. The summed E-state index contributed by atoms with van der Waals surface area (Å²) >= 11 is 0. The van der Waals surface area contributed by atoms with Gasteiger partial charge in [0.2, 0.25) is 0 Å². The first-order valence-electron chi connectivity index (χ1n) is 22.1. The van der Waals surface area contributed by atoms with Crippen LogP contribution in [0.5, 0.6) is 0 Å². The number of aromatic nitrogens is 3. The Hall–Kier alpha value is -8.40. The molecular weight excluding hydrogens is 775 g/mol. The van der Waals surface area contributed by atoms with Gasteiger partial charge in [0.15, 0.2) is 0 Å². The minimum absolute atomic E-state index is 0.552. The molecule has 0 atom stereocenters. The van der Waals surface area contributed by atoms with Crippen molar-refractivity contribution in [3.8, 4) is 17.1 Å². The number of fused-ring (bicyclic) bond motifs is 9. The van der Waals surface area contributed by atoms with Gasteiger partial charge < -0.3 is 13.7 Å². The van der Waals surface area contributed by atoms with Gasteiger partial charge in [-0.15, -0.1) is 0 Å². The Kier molecular flexibility index (Phi) is 8.13. The smallest absolute Gasteiger partial charge is 0.0702 e. The molecule has 10 aromatic carbocycles. The third kappa shape index (κ3) is 5.28. The summed E-state index contributed by atoms with van der Waals surface area (Å²) in [5.41, 5.74) is 14.9. The molecule has 64 heavy (non-hydrogen) atoms. The Morgan fingerprint density at radius 2 is 0.500 bits per heavy atom. The van der Waals surface area contributed by atoms with Crippen LogP contribution in [0.1, 0.15) is 22.3 Å². The first-order valence-corrected chi connectivity index (χ1v) is 22.1. The van der Waals surface area contributed by atoms with E-state index >= 15 is 0 Å². The average Bonchev–Trinajstić information content (AvgIpc) is 4.01. The molecule has 0 saturated carbocycles. The highest BCUT2D eigenvalue weighted by Gasteiger charge is 2.38. The van der Waals surface area contributed by atoms with E-state index in [1.165, 1.54) is 87.7 Å². The number of para-hydroxylation sites is 4. The second-order valence-corrected chi connectivity index (χ2v) is 16.9. The van der Waals surface area contributed by atoms with E-state index in [2.05, 4.69) is 262 Å². The molecule has 0 aliphatic heterocycles. The standard InChI is InChI=1S/C61H41N3/c1-4-19-42(20-5-1)61(43-21-6-2-7-22-43,44-23-8-3-9-24-44)45-25-18-26-46(39-45)62-57-33-16-12-29-51(57)53-41-48(36-37-59(53)62)64-58-34-17-13-30-52(58)54-40-47(35-38-60(54)64)63-55-31-14-10-27-49(55)50-28-11-15-32-56(50)63/h1-41H. The van der Waals surface area contributed by atoms with Gasteiger partial charge in [-0.25, -0.2) is 0 Å². The molecule has 13 aromatic rings. The highest BCUT2D eigenvalue weighted by Crippen LogP contribution is 2.46. The molecule has 0 aliphatic carbocycles. The summed E-state index contributed by atoms with van der Waals surface area (Å²) in [6, 6.07) is 91.3. The second-order valence-electron chi connectivity index (χ2n) is 16.9. The molecule has 0 N–H and O–H groups in total. The topological polar surface area (TPSA) is 14.8 Å². The lowest BCUT2D eigenvalue weighted by Crippen LogP contribution is -2.31. The maximum Gasteiger partial charge on any atom is 0.0702 e. The van der Waals surface area contributed by atoms with E-state index in [0.29, 0.717) is 0 Å². The minimum atomic E-state index is -0.552. The molecule has 3 heteroatoms. The predicted octanol–water partition coefficient (Wildman–Crippen LogP) is 15.4. The maximum absolute atomic E-state index is 2.45. The molecule has 3 aromatic heterocycles. The van der Waals surface area contributed by atoms with Crippen LogP contribution < -0.4 is 0 Å². The van der Waals surface area contributed by atoms with Crippen LogP contribution in [0.15, 0.2) is 249 Å². The van der Waals surface area contributed by atoms with Crippen LogP contribution in [0.2, 0.25) is 0 Å². The molecule has 0 aliphatic rings. The van der Waals surface area contributed by atoms with Gasteiger partial charge in [-0.1, -0.05) is 176 Å². The van der Waals surface area contributed by atoms with E-state index in [1.54, 1.807) is 0 Å². The van der Waals surface area contributed by atoms with Gasteiger partial charge in [0.1, 0.15) is 0 Å². The van der Waals surface area contributed by atoms with Crippen molar-refractivity contribution in [3.05, 3.63) is 271 Å². The molecule has 3 heterocycles. The van der Waals surface area contributed by atoms with Crippen LogP contribution in [0.25, 0.3) is 82.5 Å². The number of rotatable bonds is 7. The molecule has 13 rings (SSSR count). The van der Waals surface area contributed by atoms with Crippen molar-refractivity contribution in [2.75, 3.05) is 0 Å². The molecule has 0 amide bonds. The Morgan fingerprint density at radius 3 is 0.891 bits per heavy atom. The van der Waals surface area contributed by atoms with Crippen molar-refractivity contribution in [1.29, 1.82) is 0 Å². The van der Waals surface area contributed by atoms with Gasteiger partial charge in [0, 0.05) is 49.4 Å². The third-order valence-electron chi connectivity index (χ3n) is 13.6. The van der Waals surface area contributed by atoms with Gasteiger partial charge >= 0.3 is 0 Å². The highest BCUT2D eigenvalue weighted by atomic mass is 15.0. The zero-order valence-electron chi connectivity index (χ0n) is 35.0. The molecule has 0 saturated heterocycles. The highest BCUT2D eigenvalue weighted by molar-refractivity contribution is 6.14. The lowest BCUT2D eigenvalue weighted by atomic mass is 9.65. The Balaban J connectivity index is 1.01. The summed E-state index contributed by atoms with van der Waals surface area (Å²) in [6.07, 6.45) is 0. The SMILES string of the molecule is c1ccc(C(c2ccccc2)(c2ccccc2)c2cccc(-n3c4ccccc4c4cc(-n5c6ccccc6c6cc(-n7c8ccccc8c8ccccc87)ccc65)ccc43)c2)cc1. The zero-order valence-corrected chi connectivity index (χ0v) is 35.0. The van der Waals surface area contributed by atoms with Crippen molar-refractivity contribution in [1.82, 2.24) is 13.7 Å². The Bertz CT molecular complexity index is 3740. The summed E-state index contributed by atoms with van der Waals surface area (Å²) in [4.78, 5) is 0. The van der Waals surface area contributed by atoms with E-state index in [4.69, 9.17) is 0 Å². The van der Waals surface area contributed by atoms with Crippen molar-refractivity contribution in [3.63, 3.8) is 0 Å². The van der Waals surface area contributed by atoms with Crippen LogP contribution in [0.3, 0.4) is 0 Å². The second kappa shape index (κ2) is 14.3. The van der Waals surface area contributed by atoms with E-state index in [1.807, 2.05) is 0 Å². The first-order chi connectivity index (χ1) is 31.8. The molecule has 300 valence electrons.